The molecular formula is C23H28N6O3. The molecule has 2 aromatic heterocycles. The van der Waals surface area contributed by atoms with E-state index in [-0.39, 0.29) is 18.1 Å². The minimum Gasteiger partial charge on any atom is -0.491 e. The standard InChI is InChI=1S/C23H28N6O3/c1-15(2)32-16-5-6-18-17(12-16)22(27-26-18)19-13-21(25-14-24-19)28-7-9-29(10-8-28)23(30)20-4-3-11-31-20/h5-6,12-15,20H,3-4,7-11H2,1-2H3,(H,26,27). The van der Waals surface area contributed by atoms with E-state index in [4.69, 9.17) is 9.47 Å². The molecule has 32 heavy (non-hydrogen) atoms. The molecule has 0 aliphatic carbocycles. The van der Waals surface area contributed by atoms with E-state index in [1.165, 1.54) is 0 Å². The van der Waals surface area contributed by atoms with Crippen LogP contribution >= 0.6 is 0 Å². The van der Waals surface area contributed by atoms with Gasteiger partial charge < -0.3 is 19.3 Å². The van der Waals surface area contributed by atoms with Crippen molar-refractivity contribution >= 4 is 22.6 Å². The van der Waals surface area contributed by atoms with Gasteiger partial charge >= 0.3 is 0 Å². The largest absolute Gasteiger partial charge is 0.491 e. The quantitative estimate of drug-likeness (QED) is 0.657. The lowest BCUT2D eigenvalue weighted by atomic mass is 10.1. The van der Waals surface area contributed by atoms with Gasteiger partial charge in [0.1, 0.15) is 29.7 Å². The number of piperazine rings is 1. The van der Waals surface area contributed by atoms with Crippen molar-refractivity contribution in [2.24, 2.45) is 0 Å². The third-order valence-corrected chi connectivity index (χ3v) is 5.92. The van der Waals surface area contributed by atoms with Crippen LogP contribution in [0.15, 0.2) is 30.6 Å². The van der Waals surface area contributed by atoms with Crippen molar-refractivity contribution in [2.45, 2.75) is 38.9 Å². The van der Waals surface area contributed by atoms with Gasteiger partial charge in [0, 0.05) is 44.2 Å². The first-order valence-electron chi connectivity index (χ1n) is 11.2. The smallest absolute Gasteiger partial charge is 0.251 e. The summed E-state index contributed by atoms with van der Waals surface area (Å²) >= 11 is 0. The Morgan fingerprint density at radius 2 is 2.03 bits per heavy atom. The number of rotatable bonds is 5. The lowest BCUT2D eigenvalue weighted by molar-refractivity contribution is -0.141. The van der Waals surface area contributed by atoms with Crippen molar-refractivity contribution in [3.8, 4) is 17.1 Å². The Kier molecular flexibility index (Phi) is 5.65. The molecule has 9 nitrogen and oxygen atoms in total. The van der Waals surface area contributed by atoms with Gasteiger partial charge in [-0.05, 0) is 44.9 Å². The highest BCUT2D eigenvalue weighted by atomic mass is 16.5. The molecule has 3 aromatic rings. The topological polar surface area (TPSA) is 96.5 Å². The molecular weight excluding hydrogens is 408 g/mol. The van der Waals surface area contributed by atoms with E-state index in [9.17, 15) is 4.79 Å². The Hall–Kier alpha value is -3.20. The molecule has 0 radical (unpaired) electrons. The SMILES string of the molecule is CC(C)Oc1ccc2[nH]nc(-c3cc(N4CCN(C(=O)C5CCCO5)CC4)ncn3)c2c1. The Balaban J connectivity index is 1.33. The number of aromatic amines is 1. The fourth-order valence-corrected chi connectivity index (χ4v) is 4.32. The van der Waals surface area contributed by atoms with Crippen LogP contribution in [0.25, 0.3) is 22.3 Å². The minimum atomic E-state index is -0.260. The van der Waals surface area contributed by atoms with Crippen LogP contribution in [0.2, 0.25) is 0 Å². The first-order chi connectivity index (χ1) is 15.6. The van der Waals surface area contributed by atoms with Gasteiger partial charge in [-0.1, -0.05) is 0 Å². The Bertz CT molecular complexity index is 1100. The predicted octanol–water partition coefficient (Wildman–Crippen LogP) is 2.63. The fourth-order valence-electron chi connectivity index (χ4n) is 4.32. The first-order valence-corrected chi connectivity index (χ1v) is 11.2. The van der Waals surface area contributed by atoms with E-state index in [2.05, 4.69) is 25.1 Å². The summed E-state index contributed by atoms with van der Waals surface area (Å²) in [5.41, 5.74) is 2.45. The molecule has 1 amide bonds. The van der Waals surface area contributed by atoms with E-state index in [1.54, 1.807) is 6.33 Å². The Labute approximate surface area is 186 Å². The van der Waals surface area contributed by atoms with Crippen LogP contribution in [0, 0.1) is 0 Å². The lowest BCUT2D eigenvalue weighted by Crippen LogP contribution is -2.51. The molecule has 4 heterocycles. The van der Waals surface area contributed by atoms with Gasteiger partial charge in [-0.3, -0.25) is 9.89 Å². The van der Waals surface area contributed by atoms with E-state index in [0.29, 0.717) is 19.7 Å². The summed E-state index contributed by atoms with van der Waals surface area (Å²) in [6, 6.07) is 7.86. The highest BCUT2D eigenvalue weighted by Crippen LogP contribution is 2.30. The van der Waals surface area contributed by atoms with Gasteiger partial charge in [0.05, 0.1) is 17.3 Å². The summed E-state index contributed by atoms with van der Waals surface area (Å²) in [5.74, 6) is 1.76. The highest BCUT2D eigenvalue weighted by Gasteiger charge is 2.30. The summed E-state index contributed by atoms with van der Waals surface area (Å²) in [5, 5.41) is 8.53. The van der Waals surface area contributed by atoms with E-state index in [0.717, 1.165) is 59.8 Å². The second-order valence-corrected chi connectivity index (χ2v) is 8.52. The van der Waals surface area contributed by atoms with Crippen LogP contribution in [0.1, 0.15) is 26.7 Å². The molecule has 0 saturated carbocycles. The molecule has 9 heteroatoms. The number of nitrogens with one attached hydrogen (secondary N) is 1. The number of fused-ring (bicyclic) bond motifs is 1. The molecule has 1 atom stereocenters. The summed E-state index contributed by atoms with van der Waals surface area (Å²) in [6.07, 6.45) is 3.20. The normalized spacial score (nSPS) is 19.2. The fraction of sp³-hybridized carbons (Fsp3) is 0.478. The number of hydrogen-bond donors (Lipinski definition) is 1. The third kappa shape index (κ3) is 4.12. The number of aromatic nitrogens is 4. The number of carbonyl (C=O) groups excluding carboxylic acids is 1. The first kappa shape index (κ1) is 20.7. The van der Waals surface area contributed by atoms with E-state index in [1.807, 2.05) is 43.0 Å². The van der Waals surface area contributed by atoms with Gasteiger partial charge in [0.25, 0.3) is 5.91 Å². The average molecular weight is 437 g/mol. The second kappa shape index (κ2) is 8.74. The maximum absolute atomic E-state index is 12.6. The minimum absolute atomic E-state index is 0.0965. The van der Waals surface area contributed by atoms with E-state index < -0.39 is 0 Å². The summed E-state index contributed by atoms with van der Waals surface area (Å²) in [6.45, 7) is 7.48. The number of ether oxygens (including phenoxy) is 2. The van der Waals surface area contributed by atoms with Crippen LogP contribution in [0.5, 0.6) is 5.75 Å². The molecule has 0 bridgehead atoms. The second-order valence-electron chi connectivity index (χ2n) is 8.52. The molecule has 2 aliphatic heterocycles. The van der Waals surface area contributed by atoms with Crippen molar-refractivity contribution in [1.82, 2.24) is 25.1 Å². The van der Waals surface area contributed by atoms with Crippen LogP contribution in [0.3, 0.4) is 0 Å². The zero-order chi connectivity index (χ0) is 22.1. The number of benzene rings is 1. The number of anilines is 1. The van der Waals surface area contributed by atoms with Gasteiger partial charge in [0.2, 0.25) is 0 Å². The van der Waals surface area contributed by atoms with Crippen LogP contribution < -0.4 is 9.64 Å². The van der Waals surface area contributed by atoms with Gasteiger partial charge in [0.15, 0.2) is 0 Å². The number of amides is 1. The van der Waals surface area contributed by atoms with Crippen molar-refractivity contribution in [1.29, 1.82) is 0 Å². The Morgan fingerprint density at radius 1 is 1.19 bits per heavy atom. The molecule has 2 aliphatic rings. The van der Waals surface area contributed by atoms with Gasteiger partial charge in [-0.25, -0.2) is 9.97 Å². The summed E-state index contributed by atoms with van der Waals surface area (Å²) < 4.78 is 11.4. The maximum Gasteiger partial charge on any atom is 0.251 e. The maximum atomic E-state index is 12.6. The van der Waals surface area contributed by atoms with Crippen LogP contribution in [0.4, 0.5) is 5.82 Å². The molecule has 1 unspecified atom stereocenters. The van der Waals surface area contributed by atoms with Crippen LogP contribution in [-0.2, 0) is 9.53 Å². The molecule has 5 rings (SSSR count). The molecule has 2 saturated heterocycles. The zero-order valence-electron chi connectivity index (χ0n) is 18.5. The monoisotopic (exact) mass is 436 g/mol. The lowest BCUT2D eigenvalue weighted by Gasteiger charge is -2.36. The van der Waals surface area contributed by atoms with Crippen molar-refractivity contribution in [3.63, 3.8) is 0 Å². The summed E-state index contributed by atoms with van der Waals surface area (Å²) in [7, 11) is 0. The molecule has 1 N–H and O–H groups in total. The summed E-state index contributed by atoms with van der Waals surface area (Å²) in [4.78, 5) is 25.7. The predicted molar refractivity (Wildman–Crippen MR) is 121 cm³/mol. The van der Waals surface area contributed by atoms with Crippen LogP contribution in [-0.4, -0.2) is 76.0 Å². The number of hydrogen-bond acceptors (Lipinski definition) is 7. The third-order valence-electron chi connectivity index (χ3n) is 5.92. The molecule has 1 aromatic carbocycles. The zero-order valence-corrected chi connectivity index (χ0v) is 18.5. The molecule has 2 fully saturated rings. The average Bonchev–Trinajstić information content (AvgIpc) is 3.49. The molecule has 0 spiro atoms. The molecule has 168 valence electrons. The number of nitrogens with zero attached hydrogens (tertiary/aromatic N) is 5. The van der Waals surface area contributed by atoms with Gasteiger partial charge in [-0.2, -0.15) is 5.10 Å². The van der Waals surface area contributed by atoms with E-state index >= 15 is 0 Å². The van der Waals surface area contributed by atoms with Crippen molar-refractivity contribution < 1.29 is 14.3 Å². The van der Waals surface area contributed by atoms with Crippen molar-refractivity contribution in [3.05, 3.63) is 30.6 Å². The Morgan fingerprint density at radius 3 is 2.78 bits per heavy atom. The number of carbonyl (C=O) groups is 1. The number of H-pyrrole nitrogens is 1. The highest BCUT2D eigenvalue weighted by molar-refractivity contribution is 5.93. The van der Waals surface area contributed by atoms with Crippen molar-refractivity contribution in [2.75, 3.05) is 37.7 Å². The van der Waals surface area contributed by atoms with Gasteiger partial charge in [-0.15, -0.1) is 0 Å².